The summed E-state index contributed by atoms with van der Waals surface area (Å²) in [5, 5.41) is 9.14. The molecule has 0 bridgehead atoms. The molecular weight excluding hydrogens is 254 g/mol. The van der Waals surface area contributed by atoms with E-state index >= 15 is 0 Å². The average Bonchev–Trinajstić information content (AvgIpc) is 2.52. The summed E-state index contributed by atoms with van der Waals surface area (Å²) < 4.78 is 11.1. The van der Waals surface area contributed by atoms with Crippen LogP contribution in [0.1, 0.15) is 17.2 Å². The van der Waals surface area contributed by atoms with Crippen LogP contribution in [0, 0.1) is 0 Å². The summed E-state index contributed by atoms with van der Waals surface area (Å²) in [5.74, 6) is 1.46. The molecule has 106 valence electrons. The first-order valence-corrected chi connectivity index (χ1v) is 6.47. The Balaban J connectivity index is 2.19. The largest absolute Gasteiger partial charge is 0.497 e. The summed E-state index contributed by atoms with van der Waals surface area (Å²) >= 11 is 0. The minimum absolute atomic E-state index is 0.0103. The van der Waals surface area contributed by atoms with Crippen LogP contribution in [0.25, 0.3) is 0 Å². The second kappa shape index (κ2) is 6.93. The second-order valence-electron chi connectivity index (χ2n) is 4.42. The van der Waals surface area contributed by atoms with E-state index in [4.69, 9.17) is 20.3 Å². The zero-order valence-electron chi connectivity index (χ0n) is 11.5. The molecule has 0 amide bonds. The zero-order valence-corrected chi connectivity index (χ0v) is 11.5. The van der Waals surface area contributed by atoms with E-state index < -0.39 is 0 Å². The number of benzene rings is 2. The third kappa shape index (κ3) is 3.50. The standard InChI is InChI=1S/C16H19NO3/c1-19-14-6-3-5-13(9-14)16(10-17)20-15-7-2-4-12(8-15)11-18/h2-9,16,18H,10-11,17H2,1H3. The Kier molecular flexibility index (Phi) is 4.98. The van der Waals surface area contributed by atoms with Gasteiger partial charge in [-0.25, -0.2) is 0 Å². The van der Waals surface area contributed by atoms with Gasteiger partial charge in [0.05, 0.1) is 13.7 Å². The van der Waals surface area contributed by atoms with Gasteiger partial charge in [-0.2, -0.15) is 0 Å². The van der Waals surface area contributed by atoms with Gasteiger partial charge < -0.3 is 20.3 Å². The SMILES string of the molecule is COc1cccc(C(CN)Oc2cccc(CO)c2)c1. The molecule has 0 aliphatic heterocycles. The zero-order chi connectivity index (χ0) is 14.4. The monoisotopic (exact) mass is 273 g/mol. The summed E-state index contributed by atoms with van der Waals surface area (Å²) in [6.07, 6.45) is -0.251. The maximum atomic E-state index is 9.14. The van der Waals surface area contributed by atoms with Gasteiger partial charge in [0.2, 0.25) is 0 Å². The van der Waals surface area contributed by atoms with Crippen molar-refractivity contribution >= 4 is 0 Å². The predicted octanol–water partition coefficient (Wildman–Crippen LogP) is 2.27. The fourth-order valence-electron chi connectivity index (χ4n) is 1.98. The molecule has 4 heteroatoms. The fourth-order valence-corrected chi connectivity index (χ4v) is 1.98. The lowest BCUT2D eigenvalue weighted by atomic mass is 10.1. The van der Waals surface area contributed by atoms with Crippen LogP contribution in [0.15, 0.2) is 48.5 Å². The Bertz CT molecular complexity index is 557. The first-order valence-electron chi connectivity index (χ1n) is 6.47. The Morgan fingerprint density at radius 2 is 1.85 bits per heavy atom. The third-order valence-corrected chi connectivity index (χ3v) is 3.04. The highest BCUT2D eigenvalue weighted by molar-refractivity contribution is 5.32. The van der Waals surface area contributed by atoms with Gasteiger partial charge in [-0.05, 0) is 35.4 Å². The number of hydrogen-bond donors (Lipinski definition) is 2. The van der Waals surface area contributed by atoms with Crippen molar-refractivity contribution in [1.29, 1.82) is 0 Å². The van der Waals surface area contributed by atoms with Gasteiger partial charge >= 0.3 is 0 Å². The number of ether oxygens (including phenoxy) is 2. The van der Waals surface area contributed by atoms with Crippen molar-refractivity contribution in [2.75, 3.05) is 13.7 Å². The van der Waals surface area contributed by atoms with Gasteiger partial charge in [0.25, 0.3) is 0 Å². The van der Waals surface area contributed by atoms with E-state index in [0.717, 1.165) is 16.9 Å². The number of methoxy groups -OCH3 is 1. The van der Waals surface area contributed by atoms with Crippen LogP contribution in [-0.2, 0) is 6.61 Å². The van der Waals surface area contributed by atoms with E-state index in [1.807, 2.05) is 48.5 Å². The van der Waals surface area contributed by atoms with Crippen LogP contribution >= 0.6 is 0 Å². The van der Waals surface area contributed by atoms with Crippen molar-refractivity contribution in [2.24, 2.45) is 5.73 Å². The van der Waals surface area contributed by atoms with Gasteiger partial charge in [-0.15, -0.1) is 0 Å². The van der Waals surface area contributed by atoms with E-state index in [1.54, 1.807) is 7.11 Å². The normalized spacial score (nSPS) is 11.9. The highest BCUT2D eigenvalue weighted by Gasteiger charge is 2.12. The minimum Gasteiger partial charge on any atom is -0.497 e. The maximum Gasteiger partial charge on any atom is 0.136 e. The van der Waals surface area contributed by atoms with Crippen molar-refractivity contribution < 1.29 is 14.6 Å². The lowest BCUT2D eigenvalue weighted by molar-refractivity contribution is 0.212. The molecule has 1 unspecified atom stereocenters. The summed E-state index contributed by atoms with van der Waals surface area (Å²) in [4.78, 5) is 0. The van der Waals surface area contributed by atoms with Crippen LogP contribution in [0.5, 0.6) is 11.5 Å². The summed E-state index contributed by atoms with van der Waals surface area (Å²) in [7, 11) is 1.63. The van der Waals surface area contributed by atoms with Crippen LogP contribution in [-0.4, -0.2) is 18.8 Å². The number of hydrogen-bond acceptors (Lipinski definition) is 4. The summed E-state index contributed by atoms with van der Waals surface area (Å²) in [5.41, 5.74) is 7.57. The smallest absolute Gasteiger partial charge is 0.136 e. The highest BCUT2D eigenvalue weighted by atomic mass is 16.5. The van der Waals surface area contributed by atoms with Gasteiger partial charge in [-0.1, -0.05) is 24.3 Å². The maximum absolute atomic E-state index is 9.14. The predicted molar refractivity (Wildman–Crippen MR) is 77.8 cm³/mol. The van der Waals surface area contributed by atoms with Gasteiger partial charge in [0.15, 0.2) is 0 Å². The number of aliphatic hydroxyl groups is 1. The van der Waals surface area contributed by atoms with Crippen LogP contribution < -0.4 is 15.2 Å². The van der Waals surface area contributed by atoms with Crippen molar-refractivity contribution in [3.63, 3.8) is 0 Å². The molecule has 3 N–H and O–H groups in total. The molecule has 4 nitrogen and oxygen atoms in total. The molecule has 2 aromatic rings. The first kappa shape index (κ1) is 14.4. The summed E-state index contributed by atoms with van der Waals surface area (Å²) in [6, 6.07) is 15.0. The summed E-state index contributed by atoms with van der Waals surface area (Å²) in [6.45, 7) is 0.347. The molecule has 0 aliphatic carbocycles. The van der Waals surface area contributed by atoms with E-state index in [2.05, 4.69) is 0 Å². The molecule has 0 fully saturated rings. The molecule has 0 saturated carbocycles. The van der Waals surface area contributed by atoms with Gasteiger partial charge in [-0.3, -0.25) is 0 Å². The van der Waals surface area contributed by atoms with E-state index in [1.165, 1.54) is 0 Å². The van der Waals surface area contributed by atoms with E-state index in [-0.39, 0.29) is 12.7 Å². The van der Waals surface area contributed by atoms with Gasteiger partial charge in [0.1, 0.15) is 17.6 Å². The molecule has 0 aliphatic rings. The number of rotatable bonds is 6. The fraction of sp³-hybridized carbons (Fsp3) is 0.250. The molecule has 0 radical (unpaired) electrons. The molecule has 2 aromatic carbocycles. The molecule has 0 saturated heterocycles. The van der Waals surface area contributed by atoms with Crippen molar-refractivity contribution in [1.82, 2.24) is 0 Å². The molecule has 0 spiro atoms. The Hall–Kier alpha value is -2.04. The number of nitrogens with two attached hydrogens (primary N) is 1. The highest BCUT2D eigenvalue weighted by Crippen LogP contribution is 2.24. The van der Waals surface area contributed by atoms with Gasteiger partial charge in [0, 0.05) is 6.54 Å². The molecule has 1 atom stereocenters. The van der Waals surface area contributed by atoms with Crippen molar-refractivity contribution in [2.45, 2.75) is 12.7 Å². The van der Waals surface area contributed by atoms with Crippen molar-refractivity contribution in [3.05, 3.63) is 59.7 Å². The lowest BCUT2D eigenvalue weighted by Crippen LogP contribution is -2.18. The van der Waals surface area contributed by atoms with Crippen LogP contribution in [0.3, 0.4) is 0 Å². The Morgan fingerprint density at radius 1 is 1.10 bits per heavy atom. The Labute approximate surface area is 118 Å². The number of aliphatic hydroxyl groups excluding tert-OH is 1. The third-order valence-electron chi connectivity index (χ3n) is 3.04. The van der Waals surface area contributed by atoms with Crippen LogP contribution in [0.2, 0.25) is 0 Å². The quantitative estimate of drug-likeness (QED) is 0.847. The Morgan fingerprint density at radius 3 is 2.55 bits per heavy atom. The molecule has 0 aromatic heterocycles. The molecule has 20 heavy (non-hydrogen) atoms. The van der Waals surface area contributed by atoms with Crippen molar-refractivity contribution in [3.8, 4) is 11.5 Å². The minimum atomic E-state index is -0.251. The molecule has 2 rings (SSSR count). The molecule has 0 heterocycles. The van der Waals surface area contributed by atoms with Crippen LogP contribution in [0.4, 0.5) is 0 Å². The first-order chi connectivity index (χ1) is 9.76. The van der Waals surface area contributed by atoms with E-state index in [0.29, 0.717) is 12.3 Å². The topological polar surface area (TPSA) is 64.7 Å². The average molecular weight is 273 g/mol. The molecular formula is C16H19NO3. The second-order valence-corrected chi connectivity index (χ2v) is 4.42. The lowest BCUT2D eigenvalue weighted by Gasteiger charge is -2.18. The van der Waals surface area contributed by atoms with E-state index in [9.17, 15) is 0 Å².